The number of piperidine rings is 1. The molecule has 3 aromatic rings. The van der Waals surface area contributed by atoms with E-state index in [0.717, 1.165) is 27.2 Å². The Hall–Kier alpha value is -5.75. The maximum atomic E-state index is 13.3. The molecule has 298 valence electrons. The molecule has 2 aromatic carbocycles. The number of carbonyl (C=O) groups excluding carboxylic acids is 5. The number of aromatic nitrogens is 1. The summed E-state index contributed by atoms with van der Waals surface area (Å²) in [4.78, 5) is 81.4. The van der Waals surface area contributed by atoms with Gasteiger partial charge in [0.2, 0.25) is 11.8 Å². The molecule has 56 heavy (non-hydrogen) atoms. The maximum absolute atomic E-state index is 13.3. The third-order valence-corrected chi connectivity index (χ3v) is 11.8. The predicted octanol–water partition coefficient (Wildman–Crippen LogP) is 1.13. The van der Waals surface area contributed by atoms with E-state index in [1.165, 1.54) is 27.7 Å². The van der Waals surface area contributed by atoms with Gasteiger partial charge in [-0.1, -0.05) is 6.07 Å². The van der Waals surface area contributed by atoms with Gasteiger partial charge >= 0.3 is 6.03 Å². The Kier molecular flexibility index (Phi) is 11.5. The van der Waals surface area contributed by atoms with Crippen molar-refractivity contribution in [1.82, 2.24) is 29.9 Å². The molecule has 0 aliphatic carbocycles. The summed E-state index contributed by atoms with van der Waals surface area (Å²) < 4.78 is 38.9. The first-order valence-corrected chi connectivity index (χ1v) is 19.9. The van der Waals surface area contributed by atoms with E-state index in [1.807, 2.05) is 31.1 Å². The van der Waals surface area contributed by atoms with Crippen molar-refractivity contribution in [2.24, 2.45) is 7.05 Å². The topological polar surface area (TPSA) is 206 Å². The van der Waals surface area contributed by atoms with E-state index in [-0.39, 0.29) is 66.4 Å². The molecule has 6 amide bonds. The molecule has 18 heteroatoms. The van der Waals surface area contributed by atoms with E-state index in [2.05, 4.69) is 16.0 Å². The fourth-order valence-electron chi connectivity index (χ4n) is 7.36. The van der Waals surface area contributed by atoms with Crippen molar-refractivity contribution in [3.8, 4) is 22.6 Å². The molecule has 1 aromatic heterocycles. The second kappa shape index (κ2) is 16.2. The highest BCUT2D eigenvalue weighted by atomic mass is 32.2. The second-order valence-corrected chi connectivity index (χ2v) is 16.5. The van der Waals surface area contributed by atoms with Crippen molar-refractivity contribution in [2.45, 2.75) is 38.4 Å². The molecular weight excluding hydrogens is 747 g/mol. The van der Waals surface area contributed by atoms with Crippen molar-refractivity contribution in [3.05, 3.63) is 74.7 Å². The van der Waals surface area contributed by atoms with Gasteiger partial charge in [0.1, 0.15) is 17.5 Å². The quantitative estimate of drug-likeness (QED) is 0.209. The number of urea groups is 1. The van der Waals surface area contributed by atoms with E-state index >= 15 is 0 Å². The third kappa shape index (κ3) is 7.97. The molecule has 0 bridgehead atoms. The van der Waals surface area contributed by atoms with Crippen LogP contribution in [0.4, 0.5) is 10.5 Å². The van der Waals surface area contributed by atoms with Crippen LogP contribution in [-0.2, 0) is 46.0 Å². The standard InChI is InChI=1S/C38H45N7O10S/c1-42(2)19-27-30(54-4)17-22(18-31(27)55-5)25-20-43(3)35(48)26-21-44(14-11-23(25)26)38(51)40-13-16-56(52,53)15-12-39-28-8-6-7-24-33(28)37(50)45(36(24)49)29-9-10-32(46)41-34(29)47/h6-8,17-18,20,29,39H,9-16,19,21H2,1-5H3,(H,40,51)(H,41,46,47). The normalized spacial score (nSPS) is 16.8. The summed E-state index contributed by atoms with van der Waals surface area (Å²) in [5.74, 6) is -2.00. The van der Waals surface area contributed by atoms with E-state index in [9.17, 15) is 37.2 Å². The number of imide groups is 2. The number of hydrogen-bond acceptors (Lipinski definition) is 12. The Balaban J connectivity index is 1.06. The Morgan fingerprint density at radius 1 is 0.946 bits per heavy atom. The number of benzene rings is 2. The number of amides is 6. The lowest BCUT2D eigenvalue weighted by molar-refractivity contribution is -0.136. The van der Waals surface area contributed by atoms with Crippen LogP contribution < -0.4 is 31.0 Å². The molecule has 3 aliphatic rings. The first kappa shape index (κ1) is 39.9. The van der Waals surface area contributed by atoms with Gasteiger partial charge in [0, 0.05) is 62.7 Å². The van der Waals surface area contributed by atoms with Crippen LogP contribution >= 0.6 is 0 Å². The molecule has 1 saturated heterocycles. The highest BCUT2D eigenvalue weighted by molar-refractivity contribution is 7.91. The SMILES string of the molecule is COc1cc(-c2cn(C)c(=O)c3c2CCN(C(=O)NCCS(=O)(=O)CCNc2cccc4c2C(=O)N(C2CCC(=O)NC2=O)C4=O)C3)cc(OC)c1CN(C)C. The summed E-state index contributed by atoms with van der Waals surface area (Å²) in [7, 11) is 5.04. The zero-order valence-corrected chi connectivity index (χ0v) is 32.7. The summed E-state index contributed by atoms with van der Waals surface area (Å²) >= 11 is 0. The summed E-state index contributed by atoms with van der Waals surface area (Å²) in [5.41, 5.74) is 3.88. The number of aryl methyl sites for hydroxylation is 1. The summed E-state index contributed by atoms with van der Waals surface area (Å²) in [6, 6.07) is 6.73. The van der Waals surface area contributed by atoms with Crippen LogP contribution in [-0.4, -0.2) is 123 Å². The van der Waals surface area contributed by atoms with Gasteiger partial charge in [0.25, 0.3) is 17.4 Å². The fraction of sp³-hybridized carbons (Fsp3) is 0.421. The lowest BCUT2D eigenvalue weighted by Crippen LogP contribution is -2.54. The van der Waals surface area contributed by atoms with Crippen molar-refractivity contribution in [1.29, 1.82) is 0 Å². The largest absolute Gasteiger partial charge is 0.496 e. The summed E-state index contributed by atoms with van der Waals surface area (Å²) in [6.07, 6.45) is 2.16. The van der Waals surface area contributed by atoms with E-state index in [1.54, 1.807) is 27.5 Å². The number of rotatable bonds is 13. The lowest BCUT2D eigenvalue weighted by atomic mass is 9.91. The van der Waals surface area contributed by atoms with Gasteiger partial charge in [-0.25, -0.2) is 13.2 Å². The number of sulfone groups is 1. The van der Waals surface area contributed by atoms with Crippen molar-refractivity contribution in [2.75, 3.05) is 64.8 Å². The highest BCUT2D eigenvalue weighted by Crippen LogP contribution is 2.38. The highest BCUT2D eigenvalue weighted by Gasteiger charge is 2.45. The van der Waals surface area contributed by atoms with E-state index in [4.69, 9.17) is 9.47 Å². The number of hydrogen-bond donors (Lipinski definition) is 3. The Bertz CT molecular complexity index is 2260. The van der Waals surface area contributed by atoms with Crippen LogP contribution in [0.3, 0.4) is 0 Å². The number of carbonyl (C=O) groups is 5. The minimum Gasteiger partial charge on any atom is -0.496 e. The van der Waals surface area contributed by atoms with Crippen LogP contribution in [0.15, 0.2) is 41.3 Å². The molecule has 0 radical (unpaired) electrons. The number of nitrogens with zero attached hydrogens (tertiary/aromatic N) is 4. The average Bonchev–Trinajstić information content (AvgIpc) is 3.41. The molecule has 6 rings (SSSR count). The van der Waals surface area contributed by atoms with Crippen LogP contribution in [0.1, 0.15) is 50.2 Å². The summed E-state index contributed by atoms with van der Waals surface area (Å²) in [5, 5.41) is 7.75. The van der Waals surface area contributed by atoms with Gasteiger partial charge in [-0.15, -0.1) is 0 Å². The number of anilines is 1. The minimum absolute atomic E-state index is 0.0106. The Labute approximate surface area is 323 Å². The fourth-order valence-corrected chi connectivity index (χ4v) is 8.39. The van der Waals surface area contributed by atoms with Crippen LogP contribution in [0.2, 0.25) is 0 Å². The molecule has 0 saturated carbocycles. The van der Waals surface area contributed by atoms with Gasteiger partial charge in [-0.05, 0) is 62.3 Å². The van der Waals surface area contributed by atoms with Crippen molar-refractivity contribution < 1.29 is 41.9 Å². The van der Waals surface area contributed by atoms with E-state index in [0.29, 0.717) is 36.6 Å². The molecular formula is C38H45N7O10S. The number of ether oxygens (including phenoxy) is 2. The zero-order chi connectivity index (χ0) is 40.5. The molecule has 4 heterocycles. The van der Waals surface area contributed by atoms with Gasteiger partial charge in [0.15, 0.2) is 9.84 Å². The van der Waals surface area contributed by atoms with Crippen LogP contribution in [0.5, 0.6) is 11.5 Å². The first-order chi connectivity index (χ1) is 26.6. The number of nitrogens with one attached hydrogen (secondary N) is 3. The predicted molar refractivity (Wildman–Crippen MR) is 205 cm³/mol. The number of pyridine rings is 1. The average molecular weight is 792 g/mol. The Morgan fingerprint density at radius 3 is 2.30 bits per heavy atom. The van der Waals surface area contributed by atoms with E-state index < -0.39 is 45.5 Å². The monoisotopic (exact) mass is 791 g/mol. The number of methoxy groups -OCH3 is 2. The number of fused-ring (bicyclic) bond motifs is 2. The third-order valence-electron chi connectivity index (χ3n) is 10.1. The molecule has 3 N–H and O–H groups in total. The molecule has 17 nitrogen and oxygen atoms in total. The second-order valence-electron chi connectivity index (χ2n) is 14.2. The van der Waals surface area contributed by atoms with Crippen molar-refractivity contribution in [3.63, 3.8) is 0 Å². The van der Waals surface area contributed by atoms with Gasteiger partial charge in [-0.2, -0.15) is 0 Å². The first-order valence-electron chi connectivity index (χ1n) is 18.1. The maximum Gasteiger partial charge on any atom is 0.317 e. The molecule has 1 fully saturated rings. The smallest absolute Gasteiger partial charge is 0.317 e. The van der Waals surface area contributed by atoms with Gasteiger partial charge in [-0.3, -0.25) is 34.2 Å². The minimum atomic E-state index is -3.70. The lowest BCUT2D eigenvalue weighted by Gasteiger charge is -2.30. The van der Waals surface area contributed by atoms with Gasteiger partial charge < -0.3 is 34.5 Å². The molecule has 1 atom stereocenters. The molecule has 1 unspecified atom stereocenters. The molecule has 3 aliphatic heterocycles. The zero-order valence-electron chi connectivity index (χ0n) is 31.9. The Morgan fingerprint density at radius 2 is 1.64 bits per heavy atom. The van der Waals surface area contributed by atoms with Gasteiger partial charge in [0.05, 0.1) is 49.0 Å². The summed E-state index contributed by atoms with van der Waals surface area (Å²) in [6.45, 7) is 0.657. The molecule has 0 spiro atoms. The van der Waals surface area contributed by atoms with Crippen LogP contribution in [0.25, 0.3) is 11.1 Å². The van der Waals surface area contributed by atoms with Crippen molar-refractivity contribution >= 4 is 45.2 Å². The van der Waals surface area contributed by atoms with Crippen LogP contribution in [0, 0.1) is 0 Å².